The molecule has 0 fully saturated rings. The van der Waals surface area contributed by atoms with Gasteiger partial charge in [0.1, 0.15) is 6.07 Å². The van der Waals surface area contributed by atoms with Crippen LogP contribution in [-0.4, -0.2) is 9.13 Å². The number of benzene rings is 13. The maximum absolute atomic E-state index is 12.5. The number of rotatable bonds is 4. The van der Waals surface area contributed by atoms with Crippen LogP contribution in [0.1, 0.15) is 5.56 Å². The SMILES string of the molecule is [C-]#[N+]c1c(-c2ccc3ccc4ccccc4c3c2)c(C#N)c(-n2c3ccccc3c3ccc4c5ccccc5sc4c32)c(-c2ccc3ccc4ccccc4c3c2)c1-n1c2ccccc2c2ccc3c4ccccc4sc3c21. The third-order valence-electron chi connectivity index (χ3n) is 16.5. The van der Waals surface area contributed by atoms with E-state index >= 15 is 0 Å². The molecule has 0 radical (unpaired) electrons. The summed E-state index contributed by atoms with van der Waals surface area (Å²) >= 11 is 3.60. The molecule has 78 heavy (non-hydrogen) atoms. The Balaban J connectivity index is 1.17. The molecule has 0 aliphatic heterocycles. The summed E-state index contributed by atoms with van der Waals surface area (Å²) in [7, 11) is 0. The molecule has 358 valence electrons. The van der Waals surface area contributed by atoms with Crippen LogP contribution in [0.25, 0.3) is 166 Å². The van der Waals surface area contributed by atoms with Crippen molar-refractivity contribution in [3.8, 4) is 39.7 Å². The Morgan fingerprint density at radius 3 is 1.26 bits per heavy atom. The van der Waals surface area contributed by atoms with Crippen LogP contribution < -0.4 is 0 Å². The second-order valence-electron chi connectivity index (χ2n) is 20.4. The minimum absolute atomic E-state index is 0.413. The van der Waals surface area contributed by atoms with Gasteiger partial charge < -0.3 is 9.13 Å². The number of fused-ring (bicyclic) bond motifs is 20. The van der Waals surface area contributed by atoms with Crippen LogP contribution in [0, 0.1) is 17.9 Å². The quantitative estimate of drug-likeness (QED) is 0.128. The fraction of sp³-hybridized carbons (Fsp3) is 0. The van der Waals surface area contributed by atoms with E-state index in [2.05, 4.69) is 246 Å². The molecule has 17 rings (SSSR count). The number of aromatic nitrogens is 2. The Kier molecular flexibility index (Phi) is 8.98. The summed E-state index contributed by atoms with van der Waals surface area (Å²) in [5.74, 6) is 0. The first-order valence-electron chi connectivity index (χ1n) is 26.2. The number of nitriles is 1. The van der Waals surface area contributed by atoms with E-state index in [4.69, 9.17) is 4.85 Å². The number of thiophene rings is 2. The van der Waals surface area contributed by atoms with Crippen molar-refractivity contribution >= 4 is 155 Å². The van der Waals surface area contributed by atoms with Crippen molar-refractivity contribution in [2.45, 2.75) is 0 Å². The van der Waals surface area contributed by atoms with Gasteiger partial charge in [0.15, 0.2) is 0 Å². The monoisotopic (exact) mass is 1020 g/mol. The van der Waals surface area contributed by atoms with Crippen LogP contribution in [-0.2, 0) is 0 Å². The van der Waals surface area contributed by atoms with Crippen molar-refractivity contribution in [2.75, 3.05) is 0 Å². The third kappa shape index (κ3) is 5.85. The minimum Gasteiger partial charge on any atom is -0.317 e. The van der Waals surface area contributed by atoms with Crippen LogP contribution in [0.3, 0.4) is 0 Å². The first-order valence-corrected chi connectivity index (χ1v) is 27.8. The van der Waals surface area contributed by atoms with Gasteiger partial charge >= 0.3 is 0 Å². The molecule has 0 spiro atoms. The Hall–Kier alpha value is -10.1. The zero-order chi connectivity index (χ0) is 51.3. The summed E-state index contributed by atoms with van der Waals surface area (Å²) in [6.07, 6.45) is 0. The number of para-hydroxylation sites is 2. The van der Waals surface area contributed by atoms with E-state index in [9.17, 15) is 11.8 Å². The molecule has 0 saturated heterocycles. The van der Waals surface area contributed by atoms with Gasteiger partial charge in [-0.25, -0.2) is 4.85 Å². The van der Waals surface area contributed by atoms with E-state index in [0.717, 1.165) is 124 Å². The number of hydrogen-bond donors (Lipinski definition) is 0. The van der Waals surface area contributed by atoms with Gasteiger partial charge in [0, 0.05) is 63.6 Å². The molecule has 0 aliphatic rings. The normalized spacial score (nSPS) is 12.1. The van der Waals surface area contributed by atoms with Crippen LogP contribution >= 0.6 is 22.7 Å². The Morgan fingerprint density at radius 1 is 0.359 bits per heavy atom. The molecule has 13 aromatic carbocycles. The van der Waals surface area contributed by atoms with E-state index in [1.165, 1.54) is 30.9 Å². The predicted octanol–water partition coefficient (Wildman–Crippen LogP) is 21.0. The first kappa shape index (κ1) is 43.2. The fourth-order valence-electron chi connectivity index (χ4n) is 13.2. The summed E-state index contributed by atoms with van der Waals surface area (Å²) in [5, 5.41) is 30.5. The van der Waals surface area contributed by atoms with Crippen LogP contribution in [0.4, 0.5) is 5.69 Å². The van der Waals surface area contributed by atoms with Gasteiger partial charge in [0.25, 0.3) is 0 Å². The van der Waals surface area contributed by atoms with E-state index in [-0.39, 0.29) is 0 Å². The maximum atomic E-state index is 12.5. The standard InChI is InChI=1S/C72H38N4S2/c1-74-66-64(45-32-30-43-28-26-41-14-2-4-16-47(41)57(43)38-45)59(40-73)67(75-60-22-10-6-18-49(60)53-34-36-55-51-20-8-12-24-62(51)77-71(55)68(53)75)65(46-33-31-44-29-27-42-15-3-5-17-48(42)58(44)39-46)70(66)76-61-23-11-7-19-50(61)54-35-37-56-52-21-9-13-25-63(52)78-72(56)69(54)76/h2-39H. The second kappa shape index (κ2) is 16.2. The zero-order valence-electron chi connectivity index (χ0n) is 41.5. The minimum atomic E-state index is 0.413. The van der Waals surface area contributed by atoms with Gasteiger partial charge in [-0.3, -0.25) is 0 Å². The average molecular weight is 1020 g/mol. The van der Waals surface area contributed by atoms with Gasteiger partial charge in [-0.15, -0.1) is 22.7 Å². The van der Waals surface area contributed by atoms with Crippen LogP contribution in [0.2, 0.25) is 0 Å². The van der Waals surface area contributed by atoms with Gasteiger partial charge in [-0.1, -0.05) is 194 Å². The molecular weight excluding hydrogens is 985 g/mol. The molecule has 0 amide bonds. The summed E-state index contributed by atoms with van der Waals surface area (Å²) in [6.45, 7) is 9.79. The van der Waals surface area contributed by atoms with Crippen LogP contribution in [0.5, 0.6) is 0 Å². The van der Waals surface area contributed by atoms with Gasteiger partial charge in [-0.05, 0) is 90.6 Å². The number of nitrogens with zero attached hydrogens (tertiary/aromatic N) is 4. The van der Waals surface area contributed by atoms with Gasteiger partial charge in [-0.2, -0.15) is 5.26 Å². The lowest BCUT2D eigenvalue weighted by molar-refractivity contribution is 1.14. The molecule has 0 unspecified atom stereocenters. The summed E-state index contributed by atoms with van der Waals surface area (Å²) in [4.78, 5) is 4.79. The highest BCUT2D eigenvalue weighted by atomic mass is 32.1. The lowest BCUT2D eigenvalue weighted by Gasteiger charge is -2.26. The van der Waals surface area contributed by atoms with E-state index in [1.807, 2.05) is 0 Å². The Morgan fingerprint density at radius 2 is 0.756 bits per heavy atom. The molecule has 0 saturated carbocycles. The molecule has 17 aromatic rings. The van der Waals surface area contributed by atoms with Crippen molar-refractivity contribution in [1.29, 1.82) is 5.26 Å². The zero-order valence-corrected chi connectivity index (χ0v) is 43.2. The lowest BCUT2D eigenvalue weighted by atomic mass is 9.87. The summed E-state index contributed by atoms with van der Waals surface area (Å²) in [5.41, 5.74) is 9.47. The molecule has 6 heteroatoms. The highest BCUT2D eigenvalue weighted by Crippen LogP contribution is 2.55. The topological polar surface area (TPSA) is 38.0 Å². The van der Waals surface area contributed by atoms with Crippen molar-refractivity contribution in [3.63, 3.8) is 0 Å². The van der Waals surface area contributed by atoms with Crippen LogP contribution in [0.15, 0.2) is 231 Å². The molecule has 4 aromatic heterocycles. The fourth-order valence-corrected chi connectivity index (χ4v) is 15.6. The molecular formula is C72H38N4S2. The highest BCUT2D eigenvalue weighted by Gasteiger charge is 2.33. The first-order chi connectivity index (χ1) is 38.6. The number of hydrogen-bond acceptors (Lipinski definition) is 3. The maximum Gasteiger partial charge on any atom is 0.220 e. The van der Waals surface area contributed by atoms with E-state index in [1.54, 1.807) is 22.7 Å². The van der Waals surface area contributed by atoms with E-state index < -0.39 is 0 Å². The predicted molar refractivity (Wildman–Crippen MR) is 333 cm³/mol. The van der Waals surface area contributed by atoms with Crippen molar-refractivity contribution in [2.24, 2.45) is 0 Å². The summed E-state index contributed by atoms with van der Waals surface area (Å²) < 4.78 is 9.50. The smallest absolute Gasteiger partial charge is 0.220 e. The summed E-state index contributed by atoms with van der Waals surface area (Å²) in [6, 6.07) is 85.8. The van der Waals surface area contributed by atoms with Gasteiger partial charge in [0.05, 0.1) is 55.0 Å². The van der Waals surface area contributed by atoms with Crippen molar-refractivity contribution in [1.82, 2.24) is 9.13 Å². The van der Waals surface area contributed by atoms with Crippen molar-refractivity contribution < 1.29 is 0 Å². The second-order valence-corrected chi connectivity index (χ2v) is 22.5. The molecule has 0 aliphatic carbocycles. The average Bonchev–Trinajstić information content (AvgIpc) is 4.44. The molecule has 0 N–H and O–H groups in total. The highest BCUT2D eigenvalue weighted by molar-refractivity contribution is 7.27. The van der Waals surface area contributed by atoms with E-state index in [0.29, 0.717) is 16.8 Å². The molecule has 4 heterocycles. The molecule has 0 bridgehead atoms. The third-order valence-corrected chi connectivity index (χ3v) is 18.9. The largest absolute Gasteiger partial charge is 0.317 e. The Bertz CT molecular complexity index is 5390. The Labute approximate surface area is 454 Å². The lowest BCUT2D eigenvalue weighted by Crippen LogP contribution is -2.09. The molecule has 4 nitrogen and oxygen atoms in total. The van der Waals surface area contributed by atoms with Crippen molar-refractivity contribution in [3.05, 3.63) is 248 Å². The molecule has 0 atom stereocenters. The van der Waals surface area contributed by atoms with Gasteiger partial charge in [0.2, 0.25) is 5.69 Å².